The fourth-order valence-corrected chi connectivity index (χ4v) is 3.64. The van der Waals surface area contributed by atoms with Gasteiger partial charge in [-0.2, -0.15) is 5.10 Å². The molecule has 0 atom stereocenters. The highest BCUT2D eigenvalue weighted by Gasteiger charge is 2.25. The van der Waals surface area contributed by atoms with Crippen molar-refractivity contribution in [1.82, 2.24) is 19.7 Å². The maximum Gasteiger partial charge on any atom is 0.328 e. The first kappa shape index (κ1) is 21.2. The van der Waals surface area contributed by atoms with Crippen LogP contribution in [0.4, 0.5) is 0 Å². The molecule has 7 nitrogen and oxygen atoms in total. The topological polar surface area (TPSA) is 101 Å². The number of pyridine rings is 1. The lowest BCUT2D eigenvalue weighted by Crippen LogP contribution is -2.12. The fraction of sp³-hybridized carbons (Fsp3) is 0.200. The Morgan fingerprint density at radius 1 is 1.16 bits per heavy atom. The number of aliphatic carboxylic acids is 1. The number of carbonyl (C=O) groups excluding carboxylic acids is 1. The summed E-state index contributed by atoms with van der Waals surface area (Å²) in [6.45, 7) is 6.18. The van der Waals surface area contributed by atoms with E-state index in [1.54, 1.807) is 24.1 Å². The summed E-state index contributed by atoms with van der Waals surface area (Å²) in [5.41, 5.74) is 4.74. The SMILES string of the molecule is Cn1nc(C(C)(C)C)cc1C(=O)c1c[nH]c2nccc(-c3cccc(C=CC(=O)O)c3)c12. The molecule has 0 radical (unpaired) electrons. The molecule has 4 aromatic rings. The van der Waals surface area contributed by atoms with Crippen molar-refractivity contribution >= 4 is 28.9 Å². The van der Waals surface area contributed by atoms with Gasteiger partial charge < -0.3 is 10.1 Å². The van der Waals surface area contributed by atoms with Gasteiger partial charge in [0.25, 0.3) is 0 Å². The summed E-state index contributed by atoms with van der Waals surface area (Å²) in [4.78, 5) is 31.9. The van der Waals surface area contributed by atoms with Crippen LogP contribution in [0.3, 0.4) is 0 Å². The standard InChI is InChI=1S/C25H24N4O3/c1-25(2,3)20-13-19(29(4)28-20)23(32)18-14-27-24-22(18)17(10-11-26-24)16-7-5-6-15(12-16)8-9-21(30)31/h5-14H,1-4H3,(H,26,27)(H,30,31). The third-order valence-electron chi connectivity index (χ3n) is 5.32. The van der Waals surface area contributed by atoms with Crippen LogP contribution in [0.15, 0.2) is 54.9 Å². The monoisotopic (exact) mass is 428 g/mol. The van der Waals surface area contributed by atoms with E-state index >= 15 is 0 Å². The number of nitrogens with zero attached hydrogens (tertiary/aromatic N) is 3. The first-order valence-electron chi connectivity index (χ1n) is 10.2. The number of nitrogens with one attached hydrogen (secondary N) is 1. The Kier molecular flexibility index (Phi) is 5.26. The molecule has 0 saturated carbocycles. The Morgan fingerprint density at radius 2 is 1.94 bits per heavy atom. The van der Waals surface area contributed by atoms with Crippen LogP contribution >= 0.6 is 0 Å². The highest BCUT2D eigenvalue weighted by atomic mass is 16.4. The molecular formula is C25H24N4O3. The predicted octanol–water partition coefficient (Wildman–Crippen LogP) is 4.59. The first-order chi connectivity index (χ1) is 15.1. The second-order valence-corrected chi connectivity index (χ2v) is 8.70. The average Bonchev–Trinajstić information content (AvgIpc) is 3.35. The lowest BCUT2D eigenvalue weighted by Gasteiger charge is -2.13. The second-order valence-electron chi connectivity index (χ2n) is 8.70. The van der Waals surface area contributed by atoms with Crippen molar-refractivity contribution in [2.45, 2.75) is 26.2 Å². The van der Waals surface area contributed by atoms with Crippen LogP contribution in [0.2, 0.25) is 0 Å². The summed E-state index contributed by atoms with van der Waals surface area (Å²) in [6, 6.07) is 11.2. The molecule has 0 bridgehead atoms. The number of ketones is 1. The Labute approximate surface area is 185 Å². The lowest BCUT2D eigenvalue weighted by molar-refractivity contribution is -0.131. The van der Waals surface area contributed by atoms with Crippen LogP contribution in [0.25, 0.3) is 28.2 Å². The number of aromatic nitrogens is 4. The van der Waals surface area contributed by atoms with E-state index in [0.717, 1.165) is 33.8 Å². The molecule has 0 saturated heterocycles. The van der Waals surface area contributed by atoms with Crippen molar-refractivity contribution < 1.29 is 14.7 Å². The molecule has 2 N–H and O–H groups in total. The second kappa shape index (κ2) is 7.92. The Hall–Kier alpha value is -4.00. The number of hydrogen-bond donors (Lipinski definition) is 2. The number of aromatic amines is 1. The van der Waals surface area contributed by atoms with E-state index in [9.17, 15) is 9.59 Å². The van der Waals surface area contributed by atoms with Crippen molar-refractivity contribution in [1.29, 1.82) is 0 Å². The van der Waals surface area contributed by atoms with E-state index in [1.807, 2.05) is 36.4 Å². The van der Waals surface area contributed by atoms with Crippen molar-refractivity contribution in [2.24, 2.45) is 7.05 Å². The normalized spacial score (nSPS) is 12.0. The minimum Gasteiger partial charge on any atom is -0.478 e. The fourth-order valence-electron chi connectivity index (χ4n) is 3.64. The Morgan fingerprint density at radius 3 is 2.62 bits per heavy atom. The molecule has 1 aromatic carbocycles. The van der Waals surface area contributed by atoms with Gasteiger partial charge in [0.2, 0.25) is 5.78 Å². The van der Waals surface area contributed by atoms with Crippen LogP contribution in [0, 0.1) is 0 Å². The van der Waals surface area contributed by atoms with Crippen LogP contribution < -0.4 is 0 Å². The molecule has 0 aliphatic rings. The van der Waals surface area contributed by atoms with Crippen LogP contribution in [-0.2, 0) is 17.3 Å². The van der Waals surface area contributed by atoms with E-state index in [0.29, 0.717) is 16.9 Å². The van der Waals surface area contributed by atoms with Crippen molar-refractivity contribution in [2.75, 3.05) is 0 Å². The number of fused-ring (bicyclic) bond motifs is 1. The number of carboxylic acids is 1. The summed E-state index contributed by atoms with van der Waals surface area (Å²) >= 11 is 0. The number of carbonyl (C=O) groups is 2. The maximum atomic E-state index is 13.5. The first-order valence-corrected chi connectivity index (χ1v) is 10.2. The molecule has 162 valence electrons. The number of rotatable bonds is 5. The van der Waals surface area contributed by atoms with Gasteiger partial charge >= 0.3 is 5.97 Å². The summed E-state index contributed by atoms with van der Waals surface area (Å²) in [5.74, 6) is -1.15. The minimum atomic E-state index is -1.01. The smallest absolute Gasteiger partial charge is 0.328 e. The van der Waals surface area contributed by atoms with Gasteiger partial charge in [0, 0.05) is 36.3 Å². The van der Waals surface area contributed by atoms with E-state index in [4.69, 9.17) is 5.11 Å². The Balaban J connectivity index is 1.84. The quantitative estimate of drug-likeness (QED) is 0.358. The molecule has 32 heavy (non-hydrogen) atoms. The third kappa shape index (κ3) is 3.97. The largest absolute Gasteiger partial charge is 0.478 e. The molecule has 0 aliphatic heterocycles. The van der Waals surface area contributed by atoms with Gasteiger partial charge in [-0.1, -0.05) is 39.0 Å². The van der Waals surface area contributed by atoms with Gasteiger partial charge in [0.15, 0.2) is 0 Å². The zero-order valence-electron chi connectivity index (χ0n) is 18.4. The van der Waals surface area contributed by atoms with Gasteiger partial charge in [0.05, 0.1) is 11.3 Å². The van der Waals surface area contributed by atoms with E-state index in [2.05, 4.69) is 35.8 Å². The molecule has 3 aromatic heterocycles. The average molecular weight is 428 g/mol. The van der Waals surface area contributed by atoms with E-state index in [-0.39, 0.29) is 11.2 Å². The number of H-pyrrole nitrogens is 1. The molecule has 0 unspecified atom stereocenters. The van der Waals surface area contributed by atoms with Crippen LogP contribution in [0.5, 0.6) is 0 Å². The number of hydrogen-bond acceptors (Lipinski definition) is 4. The van der Waals surface area contributed by atoms with Crippen molar-refractivity contribution in [3.8, 4) is 11.1 Å². The summed E-state index contributed by atoms with van der Waals surface area (Å²) in [7, 11) is 1.77. The van der Waals surface area contributed by atoms with Crippen molar-refractivity contribution in [3.63, 3.8) is 0 Å². The summed E-state index contributed by atoms with van der Waals surface area (Å²) < 4.78 is 1.62. The molecule has 0 amide bonds. The minimum absolute atomic E-state index is 0.141. The number of carboxylic acid groups (broad SMARTS) is 1. The van der Waals surface area contributed by atoms with Gasteiger partial charge in [-0.15, -0.1) is 0 Å². The number of benzene rings is 1. The summed E-state index contributed by atoms with van der Waals surface area (Å²) in [5, 5.41) is 14.2. The van der Waals surface area contributed by atoms with Gasteiger partial charge in [-0.25, -0.2) is 9.78 Å². The van der Waals surface area contributed by atoms with E-state index < -0.39 is 5.97 Å². The molecule has 4 rings (SSSR count). The molecule has 0 spiro atoms. The highest BCUT2D eigenvalue weighted by Crippen LogP contribution is 2.32. The zero-order chi connectivity index (χ0) is 23.0. The molecule has 7 heteroatoms. The van der Waals surface area contributed by atoms with Gasteiger partial charge in [-0.05, 0) is 41.0 Å². The zero-order valence-corrected chi connectivity index (χ0v) is 18.4. The molecule has 3 heterocycles. The highest BCUT2D eigenvalue weighted by molar-refractivity contribution is 6.18. The van der Waals surface area contributed by atoms with Crippen LogP contribution in [0.1, 0.15) is 48.1 Å². The summed E-state index contributed by atoms with van der Waals surface area (Å²) in [6.07, 6.45) is 6.00. The van der Waals surface area contributed by atoms with Crippen molar-refractivity contribution in [3.05, 3.63) is 77.4 Å². The molecule has 0 aliphatic carbocycles. The lowest BCUT2D eigenvalue weighted by atomic mass is 9.91. The third-order valence-corrected chi connectivity index (χ3v) is 5.32. The molecule has 0 fully saturated rings. The maximum absolute atomic E-state index is 13.5. The van der Waals surface area contributed by atoms with Gasteiger partial charge in [0.1, 0.15) is 11.3 Å². The van der Waals surface area contributed by atoms with Crippen LogP contribution in [-0.4, -0.2) is 36.6 Å². The number of aryl methyl sites for hydroxylation is 1. The Bertz CT molecular complexity index is 1370. The molecular weight excluding hydrogens is 404 g/mol. The van der Waals surface area contributed by atoms with Gasteiger partial charge in [-0.3, -0.25) is 9.48 Å². The predicted molar refractivity (Wildman–Crippen MR) is 124 cm³/mol. The van der Waals surface area contributed by atoms with E-state index in [1.165, 1.54) is 6.08 Å².